The number of halogens is 2. The van der Waals surface area contributed by atoms with Crippen LogP contribution in [-0.4, -0.2) is 51.7 Å². The Morgan fingerprint density at radius 2 is 1.73 bits per heavy atom. The van der Waals surface area contributed by atoms with Gasteiger partial charge in [-0.3, -0.25) is 4.99 Å². The van der Waals surface area contributed by atoms with E-state index in [0.29, 0.717) is 5.96 Å². The maximum absolute atomic E-state index is 13.8. The van der Waals surface area contributed by atoms with Crippen molar-refractivity contribution < 1.29 is 12.8 Å². The minimum Gasteiger partial charge on any atom is -0.355 e. The van der Waals surface area contributed by atoms with Crippen LogP contribution in [0.15, 0.2) is 70.1 Å². The molecule has 0 bridgehead atoms. The van der Waals surface area contributed by atoms with Crippen molar-refractivity contribution in [2.75, 3.05) is 32.4 Å². The molecule has 0 radical (unpaired) electrons. The molecule has 8 heteroatoms. The number of aliphatic imine (C=N–C) groups is 1. The number of piperidine rings is 1. The summed E-state index contributed by atoms with van der Waals surface area (Å²) in [6.45, 7) is 1.81. The SMILES string of the molecule is CN=C(NCCS(=O)(=O)c1ccccc1F)N1CCC(=Cc2ccccc2)CC1.I. The summed E-state index contributed by atoms with van der Waals surface area (Å²) in [5.74, 6) is -0.238. The molecule has 162 valence electrons. The molecule has 30 heavy (non-hydrogen) atoms. The zero-order chi connectivity index (χ0) is 20.7. The van der Waals surface area contributed by atoms with Gasteiger partial charge in [-0.15, -0.1) is 24.0 Å². The van der Waals surface area contributed by atoms with E-state index < -0.39 is 15.7 Å². The third kappa shape index (κ3) is 6.53. The minimum absolute atomic E-state index is 0. The molecule has 0 amide bonds. The number of hydrogen-bond donors (Lipinski definition) is 1. The van der Waals surface area contributed by atoms with Crippen LogP contribution >= 0.6 is 24.0 Å². The lowest BCUT2D eigenvalue weighted by molar-refractivity contribution is 0.376. The monoisotopic (exact) mass is 543 g/mol. The highest BCUT2D eigenvalue weighted by Gasteiger charge is 2.20. The molecule has 0 aliphatic carbocycles. The third-order valence-corrected chi connectivity index (χ3v) is 6.66. The highest BCUT2D eigenvalue weighted by atomic mass is 127. The number of hydrogen-bond acceptors (Lipinski definition) is 3. The van der Waals surface area contributed by atoms with Crippen molar-refractivity contribution in [3.8, 4) is 0 Å². The second-order valence-corrected chi connectivity index (χ2v) is 9.00. The molecule has 1 N–H and O–H groups in total. The highest BCUT2D eigenvalue weighted by molar-refractivity contribution is 14.0. The molecule has 2 aromatic rings. The number of benzene rings is 2. The van der Waals surface area contributed by atoms with Gasteiger partial charge in [0, 0.05) is 26.7 Å². The maximum Gasteiger partial charge on any atom is 0.193 e. The molecule has 0 saturated carbocycles. The fourth-order valence-electron chi connectivity index (χ4n) is 3.37. The molecule has 0 unspecified atom stereocenters. The number of guanidine groups is 1. The van der Waals surface area contributed by atoms with E-state index in [2.05, 4.69) is 33.4 Å². The van der Waals surface area contributed by atoms with Crippen molar-refractivity contribution in [2.24, 2.45) is 4.99 Å². The summed E-state index contributed by atoms with van der Waals surface area (Å²) in [4.78, 5) is 6.14. The van der Waals surface area contributed by atoms with E-state index in [-0.39, 0.29) is 41.2 Å². The average molecular weight is 543 g/mol. The Morgan fingerprint density at radius 1 is 1.10 bits per heavy atom. The van der Waals surface area contributed by atoms with E-state index >= 15 is 0 Å². The Labute approximate surface area is 195 Å². The molecule has 1 fully saturated rings. The van der Waals surface area contributed by atoms with Crippen molar-refractivity contribution in [1.82, 2.24) is 10.2 Å². The normalized spacial score (nSPS) is 14.8. The minimum atomic E-state index is -3.69. The van der Waals surface area contributed by atoms with E-state index in [4.69, 9.17) is 0 Å². The standard InChI is InChI=1S/C22H26FN3O2S.HI/c1-24-22(25-13-16-29(27,28)21-10-6-5-9-20(21)23)26-14-11-19(12-15-26)17-18-7-3-2-4-8-18;/h2-10,17H,11-16H2,1H3,(H,24,25);1H. The molecule has 1 aliphatic rings. The third-order valence-electron chi connectivity index (χ3n) is 4.91. The molecule has 0 aromatic heterocycles. The summed E-state index contributed by atoms with van der Waals surface area (Å²) in [6, 6.07) is 15.7. The molecule has 0 spiro atoms. The number of nitrogens with one attached hydrogen (secondary N) is 1. The Hall–Kier alpha value is -1.94. The van der Waals surface area contributed by atoms with E-state index in [1.807, 2.05) is 18.2 Å². The van der Waals surface area contributed by atoms with Gasteiger partial charge in [0.25, 0.3) is 0 Å². The Kier molecular flexibility index (Phi) is 9.29. The molecule has 1 heterocycles. The first kappa shape index (κ1) is 24.3. The molecule has 5 nitrogen and oxygen atoms in total. The molecule has 1 saturated heterocycles. The van der Waals surface area contributed by atoms with Crippen LogP contribution in [0.1, 0.15) is 18.4 Å². The van der Waals surface area contributed by atoms with Crippen molar-refractivity contribution in [2.45, 2.75) is 17.7 Å². The van der Waals surface area contributed by atoms with Gasteiger partial charge < -0.3 is 10.2 Å². The first-order valence-corrected chi connectivity index (χ1v) is 11.3. The maximum atomic E-state index is 13.8. The quantitative estimate of drug-likeness (QED) is 0.352. The Balaban J connectivity index is 0.00000320. The van der Waals surface area contributed by atoms with Gasteiger partial charge in [0.05, 0.1) is 5.75 Å². The molecule has 1 aliphatic heterocycles. The van der Waals surface area contributed by atoms with Gasteiger partial charge >= 0.3 is 0 Å². The summed E-state index contributed by atoms with van der Waals surface area (Å²) in [7, 11) is -2.01. The van der Waals surface area contributed by atoms with Crippen LogP contribution in [0.25, 0.3) is 6.08 Å². The Bertz CT molecular complexity index is 984. The molecule has 0 atom stereocenters. The van der Waals surface area contributed by atoms with Crippen molar-refractivity contribution in [1.29, 1.82) is 0 Å². The number of rotatable bonds is 5. The van der Waals surface area contributed by atoms with Gasteiger partial charge in [-0.05, 0) is 30.5 Å². The zero-order valence-electron chi connectivity index (χ0n) is 16.9. The lowest BCUT2D eigenvalue weighted by Crippen LogP contribution is -2.45. The van der Waals surface area contributed by atoms with Crippen molar-refractivity contribution >= 4 is 45.8 Å². The predicted octanol–water partition coefficient (Wildman–Crippen LogP) is 3.97. The first-order valence-electron chi connectivity index (χ1n) is 9.67. The first-order chi connectivity index (χ1) is 14.0. The summed E-state index contributed by atoms with van der Waals surface area (Å²) in [5.41, 5.74) is 2.60. The number of nitrogens with zero attached hydrogens (tertiary/aromatic N) is 2. The fraction of sp³-hybridized carbons (Fsp3) is 0.318. The van der Waals surface area contributed by atoms with Gasteiger partial charge in [-0.2, -0.15) is 0 Å². The summed E-state index contributed by atoms with van der Waals surface area (Å²) in [6.07, 6.45) is 4.10. The van der Waals surface area contributed by atoms with Crippen LogP contribution in [0.3, 0.4) is 0 Å². The highest BCUT2D eigenvalue weighted by Crippen LogP contribution is 2.19. The topological polar surface area (TPSA) is 61.8 Å². The smallest absolute Gasteiger partial charge is 0.193 e. The Morgan fingerprint density at radius 3 is 2.37 bits per heavy atom. The summed E-state index contributed by atoms with van der Waals surface area (Å²) < 4.78 is 38.5. The van der Waals surface area contributed by atoms with E-state index in [1.54, 1.807) is 7.05 Å². The fourth-order valence-corrected chi connectivity index (χ4v) is 4.61. The molecule has 2 aromatic carbocycles. The zero-order valence-corrected chi connectivity index (χ0v) is 20.1. The number of likely N-dealkylation sites (tertiary alicyclic amines) is 1. The van der Waals surface area contributed by atoms with E-state index in [0.717, 1.165) is 32.0 Å². The van der Waals surface area contributed by atoms with Crippen LogP contribution in [0, 0.1) is 5.82 Å². The van der Waals surface area contributed by atoms with E-state index in [9.17, 15) is 12.8 Å². The van der Waals surface area contributed by atoms with Gasteiger partial charge in [-0.1, -0.05) is 54.1 Å². The molecule has 3 rings (SSSR count). The second-order valence-electron chi connectivity index (χ2n) is 6.92. The van der Waals surface area contributed by atoms with Crippen LogP contribution < -0.4 is 5.32 Å². The van der Waals surface area contributed by atoms with E-state index in [1.165, 1.54) is 29.3 Å². The van der Waals surface area contributed by atoms with Crippen LogP contribution in [0.2, 0.25) is 0 Å². The van der Waals surface area contributed by atoms with Gasteiger partial charge in [-0.25, -0.2) is 12.8 Å². The van der Waals surface area contributed by atoms with Gasteiger partial charge in [0.1, 0.15) is 10.7 Å². The van der Waals surface area contributed by atoms with Crippen LogP contribution in [0.4, 0.5) is 4.39 Å². The van der Waals surface area contributed by atoms with Crippen molar-refractivity contribution in [3.63, 3.8) is 0 Å². The number of sulfone groups is 1. The molecular weight excluding hydrogens is 516 g/mol. The summed E-state index contributed by atoms with van der Waals surface area (Å²) in [5, 5.41) is 3.10. The predicted molar refractivity (Wildman–Crippen MR) is 130 cm³/mol. The molecular formula is C22H27FIN3O2S. The van der Waals surface area contributed by atoms with Gasteiger partial charge in [0.2, 0.25) is 0 Å². The second kappa shape index (κ2) is 11.5. The lowest BCUT2D eigenvalue weighted by atomic mass is 10.0. The summed E-state index contributed by atoms with van der Waals surface area (Å²) >= 11 is 0. The largest absolute Gasteiger partial charge is 0.355 e. The van der Waals surface area contributed by atoms with Crippen molar-refractivity contribution in [3.05, 3.63) is 71.6 Å². The van der Waals surface area contributed by atoms with Crippen LogP contribution in [0.5, 0.6) is 0 Å². The van der Waals surface area contributed by atoms with Gasteiger partial charge in [0.15, 0.2) is 15.8 Å². The average Bonchev–Trinajstić information content (AvgIpc) is 2.73. The van der Waals surface area contributed by atoms with Crippen LogP contribution in [-0.2, 0) is 9.84 Å². The lowest BCUT2D eigenvalue weighted by Gasteiger charge is -2.31.